The number of nitrogens with two attached hydrogens (primary N) is 1. The summed E-state index contributed by atoms with van der Waals surface area (Å²) < 4.78 is 27.3. The lowest BCUT2D eigenvalue weighted by Gasteiger charge is -2.21. The van der Waals surface area contributed by atoms with Gasteiger partial charge in [-0.1, -0.05) is 6.07 Å². The zero-order chi connectivity index (χ0) is 13.9. The molecule has 1 aromatic carbocycles. The van der Waals surface area contributed by atoms with Crippen molar-refractivity contribution in [2.45, 2.75) is 24.7 Å². The Bertz CT molecular complexity index is 538. The minimum atomic E-state index is -3.45. The van der Waals surface area contributed by atoms with Gasteiger partial charge in [0.2, 0.25) is 10.0 Å². The van der Waals surface area contributed by atoms with Gasteiger partial charge in [-0.25, -0.2) is 13.1 Å². The number of benzene rings is 1. The summed E-state index contributed by atoms with van der Waals surface area (Å²) in [5.41, 5.74) is 6.86. The maximum absolute atomic E-state index is 12.3. The predicted octanol–water partition coefficient (Wildman–Crippen LogP) is 2.00. The second-order valence-corrected chi connectivity index (χ2v) is 7.89. The molecule has 2 rings (SSSR count). The first-order chi connectivity index (χ1) is 8.99. The molecule has 0 atom stereocenters. The quantitative estimate of drug-likeness (QED) is 0.834. The van der Waals surface area contributed by atoms with Gasteiger partial charge in [0, 0.05) is 12.2 Å². The van der Waals surface area contributed by atoms with Crippen LogP contribution < -0.4 is 10.5 Å². The smallest absolute Gasteiger partial charge is 0.240 e. The molecule has 3 N–H and O–H groups in total. The summed E-state index contributed by atoms with van der Waals surface area (Å²) in [7, 11) is -3.45. The number of anilines is 1. The molecule has 0 aliphatic carbocycles. The maximum atomic E-state index is 12.3. The molecule has 1 aliphatic rings. The Morgan fingerprint density at radius 3 is 2.74 bits per heavy atom. The lowest BCUT2D eigenvalue weighted by Crippen LogP contribution is -2.31. The van der Waals surface area contributed by atoms with E-state index in [9.17, 15) is 8.42 Å². The van der Waals surface area contributed by atoms with E-state index in [1.165, 1.54) is 6.07 Å². The second kappa shape index (κ2) is 6.15. The third kappa shape index (κ3) is 3.87. The van der Waals surface area contributed by atoms with E-state index in [4.69, 9.17) is 5.73 Å². The molecule has 6 heteroatoms. The fourth-order valence-corrected chi connectivity index (χ4v) is 4.76. The minimum absolute atomic E-state index is 0.290. The Kier molecular flexibility index (Phi) is 4.76. The topological polar surface area (TPSA) is 72.2 Å². The highest BCUT2D eigenvalue weighted by Gasteiger charge is 2.20. The van der Waals surface area contributed by atoms with Crippen molar-refractivity contribution >= 4 is 27.5 Å². The molecule has 0 aromatic heterocycles. The van der Waals surface area contributed by atoms with E-state index in [0.717, 1.165) is 29.9 Å². The molecule has 0 spiro atoms. The summed E-state index contributed by atoms with van der Waals surface area (Å²) >= 11 is 1.94. The first-order valence-corrected chi connectivity index (χ1v) is 9.06. The molecular formula is C13H20N2O2S2. The van der Waals surface area contributed by atoms with Gasteiger partial charge in [-0.15, -0.1) is 0 Å². The SMILES string of the molecule is Cc1ccc(N)cc1S(=O)(=O)NCC1CCSCC1. The number of hydrogen-bond donors (Lipinski definition) is 2. The van der Waals surface area contributed by atoms with Crippen molar-refractivity contribution in [3.63, 3.8) is 0 Å². The van der Waals surface area contributed by atoms with E-state index in [2.05, 4.69) is 4.72 Å². The monoisotopic (exact) mass is 300 g/mol. The maximum Gasteiger partial charge on any atom is 0.240 e. The average molecular weight is 300 g/mol. The highest BCUT2D eigenvalue weighted by atomic mass is 32.2. The first-order valence-electron chi connectivity index (χ1n) is 6.42. The highest BCUT2D eigenvalue weighted by molar-refractivity contribution is 7.99. The average Bonchev–Trinajstić information content (AvgIpc) is 2.40. The molecule has 0 radical (unpaired) electrons. The predicted molar refractivity (Wildman–Crippen MR) is 80.8 cm³/mol. The van der Waals surface area contributed by atoms with Gasteiger partial charge in [-0.05, 0) is 54.9 Å². The molecule has 106 valence electrons. The van der Waals surface area contributed by atoms with Crippen molar-refractivity contribution < 1.29 is 8.42 Å². The van der Waals surface area contributed by atoms with Crippen LogP contribution in [0.15, 0.2) is 23.1 Å². The number of hydrogen-bond acceptors (Lipinski definition) is 4. The third-order valence-electron chi connectivity index (χ3n) is 3.40. The standard InChI is InChI=1S/C13H20N2O2S2/c1-10-2-3-12(14)8-13(10)19(16,17)15-9-11-4-6-18-7-5-11/h2-3,8,11,15H,4-7,9,14H2,1H3. The van der Waals surface area contributed by atoms with Crippen LogP contribution in [0.1, 0.15) is 18.4 Å². The van der Waals surface area contributed by atoms with Crippen LogP contribution in [-0.2, 0) is 10.0 Å². The van der Waals surface area contributed by atoms with Crippen molar-refractivity contribution in [2.24, 2.45) is 5.92 Å². The molecule has 0 amide bonds. The van der Waals surface area contributed by atoms with Crippen molar-refractivity contribution in [2.75, 3.05) is 23.8 Å². The summed E-state index contributed by atoms with van der Waals surface area (Å²) in [6.07, 6.45) is 2.17. The van der Waals surface area contributed by atoms with Crippen molar-refractivity contribution in [3.8, 4) is 0 Å². The minimum Gasteiger partial charge on any atom is -0.399 e. The van der Waals surface area contributed by atoms with Gasteiger partial charge in [0.1, 0.15) is 0 Å². The van der Waals surface area contributed by atoms with E-state index >= 15 is 0 Å². The van der Waals surface area contributed by atoms with Crippen molar-refractivity contribution in [1.82, 2.24) is 4.72 Å². The molecule has 1 aromatic rings. The fourth-order valence-electron chi connectivity index (χ4n) is 2.16. The molecule has 1 fully saturated rings. The van der Waals surface area contributed by atoms with Gasteiger partial charge in [-0.3, -0.25) is 0 Å². The summed E-state index contributed by atoms with van der Waals surface area (Å²) in [5, 5.41) is 0. The van der Waals surface area contributed by atoms with Crippen LogP contribution in [0.4, 0.5) is 5.69 Å². The molecular weight excluding hydrogens is 280 g/mol. The van der Waals surface area contributed by atoms with E-state index in [0.29, 0.717) is 18.2 Å². The summed E-state index contributed by atoms with van der Waals surface area (Å²) in [5.74, 6) is 2.71. The van der Waals surface area contributed by atoms with Crippen LogP contribution in [0.2, 0.25) is 0 Å². The van der Waals surface area contributed by atoms with E-state index in [1.807, 2.05) is 11.8 Å². The number of nitrogen functional groups attached to an aromatic ring is 1. The van der Waals surface area contributed by atoms with Crippen LogP contribution >= 0.6 is 11.8 Å². The van der Waals surface area contributed by atoms with Crippen LogP contribution in [0, 0.1) is 12.8 Å². The van der Waals surface area contributed by atoms with E-state index in [1.54, 1.807) is 19.1 Å². The molecule has 0 unspecified atom stereocenters. The van der Waals surface area contributed by atoms with Gasteiger partial charge in [-0.2, -0.15) is 11.8 Å². The molecule has 1 aliphatic heterocycles. The van der Waals surface area contributed by atoms with Gasteiger partial charge in [0.15, 0.2) is 0 Å². The van der Waals surface area contributed by atoms with Crippen LogP contribution in [0.3, 0.4) is 0 Å². The summed E-state index contributed by atoms with van der Waals surface area (Å²) in [6.45, 7) is 2.31. The number of rotatable bonds is 4. The Balaban J connectivity index is 2.07. The van der Waals surface area contributed by atoms with E-state index < -0.39 is 10.0 Å². The molecule has 4 nitrogen and oxygen atoms in total. The van der Waals surface area contributed by atoms with Crippen LogP contribution in [0.25, 0.3) is 0 Å². The zero-order valence-electron chi connectivity index (χ0n) is 11.1. The van der Waals surface area contributed by atoms with Crippen molar-refractivity contribution in [1.29, 1.82) is 0 Å². The fraction of sp³-hybridized carbons (Fsp3) is 0.538. The molecule has 0 bridgehead atoms. The second-order valence-electron chi connectivity index (χ2n) is 4.93. The first kappa shape index (κ1) is 14.7. The van der Waals surface area contributed by atoms with Gasteiger partial charge < -0.3 is 5.73 Å². The highest BCUT2D eigenvalue weighted by Crippen LogP contribution is 2.23. The lowest BCUT2D eigenvalue weighted by molar-refractivity contribution is 0.476. The third-order valence-corrected chi connectivity index (χ3v) is 6.02. The number of sulfonamides is 1. The summed E-state index contributed by atoms with van der Waals surface area (Å²) in [4.78, 5) is 0.290. The molecule has 1 heterocycles. The number of aryl methyl sites for hydroxylation is 1. The van der Waals surface area contributed by atoms with Crippen molar-refractivity contribution in [3.05, 3.63) is 23.8 Å². The normalized spacial score (nSPS) is 17.5. The number of nitrogens with one attached hydrogen (secondary N) is 1. The van der Waals surface area contributed by atoms with Crippen LogP contribution in [0.5, 0.6) is 0 Å². The summed E-state index contributed by atoms with van der Waals surface area (Å²) in [6, 6.07) is 4.97. The molecule has 1 saturated heterocycles. The lowest BCUT2D eigenvalue weighted by atomic mass is 10.0. The Hall–Kier alpha value is -0.720. The van der Waals surface area contributed by atoms with Gasteiger partial charge in [0.25, 0.3) is 0 Å². The Morgan fingerprint density at radius 1 is 1.37 bits per heavy atom. The Labute approximate surface area is 119 Å². The molecule has 0 saturated carbocycles. The van der Waals surface area contributed by atoms with Gasteiger partial charge >= 0.3 is 0 Å². The Morgan fingerprint density at radius 2 is 2.05 bits per heavy atom. The van der Waals surface area contributed by atoms with E-state index in [-0.39, 0.29) is 4.90 Å². The number of thioether (sulfide) groups is 1. The van der Waals surface area contributed by atoms with Gasteiger partial charge in [0.05, 0.1) is 4.90 Å². The molecule has 19 heavy (non-hydrogen) atoms. The van der Waals surface area contributed by atoms with Crippen LogP contribution in [-0.4, -0.2) is 26.5 Å². The largest absolute Gasteiger partial charge is 0.399 e. The zero-order valence-corrected chi connectivity index (χ0v) is 12.7.